The third kappa shape index (κ3) is 1.90. The fourth-order valence-electron chi connectivity index (χ4n) is 1.72. The molecular formula is C9H13ClN2O2. The monoisotopic (exact) mass is 216 g/mol. The maximum Gasteiger partial charge on any atom is 0.356 e. The average Bonchev–Trinajstić information content (AvgIpc) is 2.46. The van der Waals surface area contributed by atoms with Crippen molar-refractivity contribution in [3.63, 3.8) is 0 Å². The molecule has 0 aliphatic carbocycles. The van der Waals surface area contributed by atoms with Gasteiger partial charge in [-0.3, -0.25) is 0 Å². The number of hydrogen-bond donors (Lipinski definition) is 1. The van der Waals surface area contributed by atoms with Crippen molar-refractivity contribution < 1.29 is 9.90 Å². The number of aryl methyl sites for hydroxylation is 1. The summed E-state index contributed by atoms with van der Waals surface area (Å²) >= 11 is 0. The van der Waals surface area contributed by atoms with Crippen LogP contribution in [-0.2, 0) is 13.0 Å². The van der Waals surface area contributed by atoms with Gasteiger partial charge >= 0.3 is 5.97 Å². The topological polar surface area (TPSA) is 55.1 Å². The molecule has 0 saturated heterocycles. The zero-order valence-electron chi connectivity index (χ0n) is 7.93. The van der Waals surface area contributed by atoms with Crippen molar-refractivity contribution >= 4 is 18.4 Å². The number of aromatic carboxylic acids is 1. The van der Waals surface area contributed by atoms with E-state index in [1.807, 2.05) is 4.57 Å². The van der Waals surface area contributed by atoms with Crippen molar-refractivity contribution in [2.24, 2.45) is 5.92 Å². The molecule has 2 rings (SSSR count). The van der Waals surface area contributed by atoms with Crippen LogP contribution in [0.4, 0.5) is 0 Å². The molecule has 0 radical (unpaired) electrons. The van der Waals surface area contributed by atoms with Crippen LogP contribution in [0.3, 0.4) is 0 Å². The number of halogens is 1. The smallest absolute Gasteiger partial charge is 0.356 e. The van der Waals surface area contributed by atoms with Crippen LogP contribution >= 0.6 is 12.4 Å². The molecule has 14 heavy (non-hydrogen) atoms. The molecule has 5 heteroatoms. The van der Waals surface area contributed by atoms with Crippen LogP contribution in [-0.4, -0.2) is 20.6 Å². The molecule has 0 bridgehead atoms. The minimum atomic E-state index is -0.936. The fourth-order valence-corrected chi connectivity index (χ4v) is 1.72. The van der Waals surface area contributed by atoms with Gasteiger partial charge in [0, 0.05) is 19.2 Å². The van der Waals surface area contributed by atoms with Crippen molar-refractivity contribution in [3.8, 4) is 0 Å². The maximum atomic E-state index is 10.6. The Balaban J connectivity index is 0.000000980. The summed E-state index contributed by atoms with van der Waals surface area (Å²) < 4.78 is 1.96. The number of aromatic nitrogens is 2. The van der Waals surface area contributed by atoms with Gasteiger partial charge in [0.15, 0.2) is 5.69 Å². The van der Waals surface area contributed by atoms with Crippen LogP contribution in [0.2, 0.25) is 0 Å². The van der Waals surface area contributed by atoms with E-state index in [2.05, 4.69) is 11.9 Å². The van der Waals surface area contributed by atoms with Crippen LogP contribution in [0.15, 0.2) is 6.20 Å². The van der Waals surface area contributed by atoms with E-state index in [0.29, 0.717) is 5.92 Å². The molecule has 1 unspecified atom stereocenters. The standard InChI is InChI=1S/C9H12N2O2.ClH/c1-6-2-3-8-10-7(9(12)13)5-11(8)4-6;/h5-6H,2-4H2,1H3,(H,12,13);1H. The summed E-state index contributed by atoms with van der Waals surface area (Å²) in [4.78, 5) is 14.7. The van der Waals surface area contributed by atoms with Gasteiger partial charge in [0.05, 0.1) is 0 Å². The molecule has 0 spiro atoms. The van der Waals surface area contributed by atoms with Gasteiger partial charge in [-0.25, -0.2) is 9.78 Å². The molecule has 1 aliphatic rings. The Morgan fingerprint density at radius 2 is 2.43 bits per heavy atom. The summed E-state index contributed by atoms with van der Waals surface area (Å²) in [6.45, 7) is 3.07. The van der Waals surface area contributed by atoms with E-state index in [-0.39, 0.29) is 18.1 Å². The Morgan fingerprint density at radius 1 is 1.71 bits per heavy atom. The maximum absolute atomic E-state index is 10.6. The van der Waals surface area contributed by atoms with Crippen molar-refractivity contribution in [3.05, 3.63) is 17.7 Å². The predicted octanol–water partition coefficient (Wildman–Crippen LogP) is 1.59. The molecule has 4 nitrogen and oxygen atoms in total. The number of fused-ring (bicyclic) bond motifs is 1. The lowest BCUT2D eigenvalue weighted by Crippen LogP contribution is -2.17. The van der Waals surface area contributed by atoms with Gasteiger partial charge in [0.1, 0.15) is 5.82 Å². The van der Waals surface area contributed by atoms with Gasteiger partial charge in [0.2, 0.25) is 0 Å². The number of carboxylic acid groups (broad SMARTS) is 1. The molecule has 0 saturated carbocycles. The largest absolute Gasteiger partial charge is 0.476 e. The van der Waals surface area contributed by atoms with E-state index in [0.717, 1.165) is 25.2 Å². The van der Waals surface area contributed by atoms with Gasteiger partial charge in [-0.2, -0.15) is 0 Å². The van der Waals surface area contributed by atoms with Crippen molar-refractivity contribution in [2.45, 2.75) is 26.3 Å². The van der Waals surface area contributed by atoms with Gasteiger partial charge in [0.25, 0.3) is 0 Å². The van der Waals surface area contributed by atoms with E-state index < -0.39 is 5.97 Å². The van der Waals surface area contributed by atoms with E-state index in [4.69, 9.17) is 5.11 Å². The molecule has 0 amide bonds. The third-order valence-corrected chi connectivity index (χ3v) is 2.45. The lowest BCUT2D eigenvalue weighted by molar-refractivity contribution is 0.0691. The van der Waals surface area contributed by atoms with Gasteiger partial charge < -0.3 is 9.67 Å². The normalized spacial score (nSPS) is 19.6. The first kappa shape index (κ1) is 11.0. The lowest BCUT2D eigenvalue weighted by atomic mass is 10.0. The Bertz CT molecular complexity index is 349. The first-order valence-electron chi connectivity index (χ1n) is 4.46. The zero-order chi connectivity index (χ0) is 9.42. The van der Waals surface area contributed by atoms with Crippen LogP contribution in [0.1, 0.15) is 29.7 Å². The number of nitrogens with zero attached hydrogens (tertiary/aromatic N) is 2. The van der Waals surface area contributed by atoms with Gasteiger partial charge in [-0.05, 0) is 12.3 Å². The highest BCUT2D eigenvalue weighted by atomic mass is 35.5. The second-order valence-electron chi connectivity index (χ2n) is 3.64. The van der Waals surface area contributed by atoms with Gasteiger partial charge in [-0.1, -0.05) is 6.92 Å². The van der Waals surface area contributed by atoms with Crippen molar-refractivity contribution in [1.82, 2.24) is 9.55 Å². The van der Waals surface area contributed by atoms with Crippen molar-refractivity contribution in [2.75, 3.05) is 0 Å². The molecule has 1 aliphatic heterocycles. The first-order valence-corrected chi connectivity index (χ1v) is 4.46. The molecule has 0 fully saturated rings. The average molecular weight is 217 g/mol. The molecular weight excluding hydrogens is 204 g/mol. The highest BCUT2D eigenvalue weighted by molar-refractivity contribution is 5.85. The first-order chi connectivity index (χ1) is 6.16. The third-order valence-electron chi connectivity index (χ3n) is 2.45. The highest BCUT2D eigenvalue weighted by Crippen LogP contribution is 2.19. The number of hydrogen-bond acceptors (Lipinski definition) is 2. The van der Waals surface area contributed by atoms with E-state index in [1.54, 1.807) is 6.20 Å². The van der Waals surface area contributed by atoms with E-state index in [1.165, 1.54) is 0 Å². The molecule has 1 aromatic heterocycles. The van der Waals surface area contributed by atoms with E-state index in [9.17, 15) is 4.79 Å². The SMILES string of the molecule is CC1CCc2nc(C(=O)O)cn2C1.Cl. The second-order valence-corrected chi connectivity index (χ2v) is 3.64. The molecule has 1 atom stereocenters. The summed E-state index contributed by atoms with van der Waals surface area (Å²) in [5.74, 6) is 0.605. The summed E-state index contributed by atoms with van der Waals surface area (Å²) in [6, 6.07) is 0. The van der Waals surface area contributed by atoms with Crippen molar-refractivity contribution in [1.29, 1.82) is 0 Å². The van der Waals surface area contributed by atoms with Crippen LogP contribution in [0.5, 0.6) is 0 Å². The molecule has 78 valence electrons. The Kier molecular flexibility index (Phi) is 3.16. The van der Waals surface area contributed by atoms with Gasteiger partial charge in [-0.15, -0.1) is 12.4 Å². The number of carboxylic acids is 1. The molecule has 2 heterocycles. The summed E-state index contributed by atoms with van der Waals surface area (Å²) in [7, 11) is 0. The minimum Gasteiger partial charge on any atom is -0.476 e. The van der Waals surface area contributed by atoms with E-state index >= 15 is 0 Å². The Labute approximate surface area is 88.4 Å². The lowest BCUT2D eigenvalue weighted by Gasteiger charge is -2.19. The number of rotatable bonds is 1. The zero-order valence-corrected chi connectivity index (χ0v) is 8.75. The Morgan fingerprint density at radius 3 is 3.07 bits per heavy atom. The van der Waals surface area contributed by atoms with Crippen LogP contribution < -0.4 is 0 Å². The fraction of sp³-hybridized carbons (Fsp3) is 0.556. The van der Waals surface area contributed by atoms with Crippen LogP contribution in [0.25, 0.3) is 0 Å². The molecule has 0 aromatic carbocycles. The molecule has 1 aromatic rings. The summed E-state index contributed by atoms with van der Waals surface area (Å²) in [5, 5.41) is 8.72. The molecule has 1 N–H and O–H groups in total. The number of carbonyl (C=O) groups is 1. The second kappa shape index (κ2) is 4.00. The quantitative estimate of drug-likeness (QED) is 0.776. The summed E-state index contributed by atoms with van der Waals surface area (Å²) in [5.41, 5.74) is 0.170. The number of imidazole rings is 1. The predicted molar refractivity (Wildman–Crippen MR) is 53.9 cm³/mol. The highest BCUT2D eigenvalue weighted by Gasteiger charge is 2.19. The van der Waals surface area contributed by atoms with Crippen LogP contribution in [0, 0.1) is 5.92 Å². The Hall–Kier alpha value is -1.03. The summed E-state index contributed by atoms with van der Waals surface area (Å²) in [6.07, 6.45) is 3.64. The minimum absolute atomic E-state index is 0.